The van der Waals surface area contributed by atoms with E-state index in [1.807, 2.05) is 38.1 Å². The lowest BCUT2D eigenvalue weighted by Gasteiger charge is -2.12. The van der Waals surface area contributed by atoms with Crippen LogP contribution in [0.3, 0.4) is 0 Å². The third-order valence-electron chi connectivity index (χ3n) is 3.69. The first-order valence-electron chi connectivity index (χ1n) is 8.87. The third-order valence-corrected chi connectivity index (χ3v) is 4.06. The highest BCUT2D eigenvalue weighted by Crippen LogP contribution is 2.30. The van der Waals surface area contributed by atoms with Crippen molar-refractivity contribution in [3.8, 4) is 17.6 Å². The van der Waals surface area contributed by atoms with Gasteiger partial charge in [0.15, 0.2) is 11.5 Å². The smallest absolute Gasteiger partial charge is 0.263 e. The molecule has 0 spiro atoms. The largest absolute Gasteiger partial charge is 0.490 e. The van der Waals surface area contributed by atoms with Crippen LogP contribution in [0.25, 0.3) is 0 Å². The maximum Gasteiger partial charge on any atom is 0.263 e. The lowest BCUT2D eigenvalue weighted by Crippen LogP contribution is -2.24. The monoisotopic (exact) mass is 399 g/mol. The van der Waals surface area contributed by atoms with Crippen molar-refractivity contribution >= 4 is 23.2 Å². The van der Waals surface area contributed by atoms with Gasteiger partial charge in [-0.1, -0.05) is 29.8 Å². The van der Waals surface area contributed by atoms with E-state index in [2.05, 4.69) is 10.6 Å². The Balaban J connectivity index is 2.06. The average Bonchev–Trinajstić information content (AvgIpc) is 2.70. The molecule has 0 atom stereocenters. The Labute approximate surface area is 169 Å². The molecule has 0 aliphatic heterocycles. The minimum Gasteiger partial charge on any atom is -0.490 e. The van der Waals surface area contributed by atoms with Crippen LogP contribution < -0.4 is 20.1 Å². The summed E-state index contributed by atoms with van der Waals surface area (Å²) < 4.78 is 11.1. The molecule has 0 radical (unpaired) electrons. The van der Waals surface area contributed by atoms with Crippen LogP contribution >= 0.6 is 11.6 Å². The first-order chi connectivity index (χ1) is 13.6. The van der Waals surface area contributed by atoms with Crippen LogP contribution in [0.1, 0.15) is 19.4 Å². The summed E-state index contributed by atoms with van der Waals surface area (Å²) in [6.07, 6.45) is 1.35. The molecule has 0 unspecified atom stereocenters. The molecule has 6 nitrogen and oxygen atoms in total. The second-order valence-corrected chi connectivity index (χ2v) is 6.02. The molecule has 28 heavy (non-hydrogen) atoms. The van der Waals surface area contributed by atoms with Gasteiger partial charge in [0.2, 0.25) is 0 Å². The zero-order chi connectivity index (χ0) is 20.4. The van der Waals surface area contributed by atoms with E-state index < -0.39 is 5.91 Å². The molecule has 0 heterocycles. The highest BCUT2D eigenvalue weighted by molar-refractivity contribution is 6.31. The number of carbonyl (C=O) groups excluding carboxylic acids is 1. The van der Waals surface area contributed by atoms with E-state index in [-0.39, 0.29) is 12.1 Å². The zero-order valence-electron chi connectivity index (χ0n) is 15.8. The fourth-order valence-corrected chi connectivity index (χ4v) is 2.56. The molecule has 0 bridgehead atoms. The second-order valence-electron chi connectivity index (χ2n) is 5.62. The molecule has 0 saturated carbocycles. The normalized spacial score (nSPS) is 10.7. The van der Waals surface area contributed by atoms with E-state index in [1.165, 1.54) is 6.20 Å². The van der Waals surface area contributed by atoms with Crippen LogP contribution in [0.5, 0.6) is 11.5 Å². The number of amides is 1. The Hall–Kier alpha value is -3.17. The van der Waals surface area contributed by atoms with Crippen molar-refractivity contribution in [2.45, 2.75) is 20.4 Å². The summed E-state index contributed by atoms with van der Waals surface area (Å²) in [6, 6.07) is 14.4. The molecule has 0 fully saturated rings. The topological polar surface area (TPSA) is 83.4 Å². The Morgan fingerprint density at radius 2 is 1.86 bits per heavy atom. The van der Waals surface area contributed by atoms with Crippen molar-refractivity contribution in [3.63, 3.8) is 0 Å². The number of rotatable bonds is 9. The maximum atomic E-state index is 12.3. The molecule has 146 valence electrons. The number of nitrogens with one attached hydrogen (secondary N) is 2. The molecular weight excluding hydrogens is 378 g/mol. The summed E-state index contributed by atoms with van der Waals surface area (Å²) in [5, 5.41) is 15.5. The SMILES string of the molecule is CCOc1ccc(N/C=C(/C#N)C(=O)NCc2ccccc2Cl)cc1OCC. The number of carbonyl (C=O) groups is 1. The van der Waals surface area contributed by atoms with Gasteiger partial charge >= 0.3 is 0 Å². The number of nitriles is 1. The highest BCUT2D eigenvalue weighted by Gasteiger charge is 2.10. The van der Waals surface area contributed by atoms with E-state index in [4.69, 9.17) is 21.1 Å². The van der Waals surface area contributed by atoms with Gasteiger partial charge in [-0.3, -0.25) is 4.79 Å². The molecule has 2 aromatic carbocycles. The summed E-state index contributed by atoms with van der Waals surface area (Å²) in [7, 11) is 0. The molecule has 2 rings (SSSR count). The summed E-state index contributed by atoms with van der Waals surface area (Å²) >= 11 is 6.07. The van der Waals surface area contributed by atoms with Crippen LogP contribution in [-0.4, -0.2) is 19.1 Å². The number of halogens is 1. The van der Waals surface area contributed by atoms with Gasteiger partial charge in [0.1, 0.15) is 11.6 Å². The Morgan fingerprint density at radius 1 is 1.14 bits per heavy atom. The van der Waals surface area contributed by atoms with Gasteiger partial charge in [-0.2, -0.15) is 5.26 Å². The Kier molecular flexibility index (Phi) is 8.19. The van der Waals surface area contributed by atoms with Crippen molar-refractivity contribution in [3.05, 3.63) is 64.8 Å². The zero-order valence-corrected chi connectivity index (χ0v) is 16.5. The second kappa shape index (κ2) is 10.9. The molecule has 0 saturated heterocycles. The van der Waals surface area contributed by atoms with Crippen LogP contribution in [0, 0.1) is 11.3 Å². The summed E-state index contributed by atoms with van der Waals surface area (Å²) in [6.45, 7) is 5.02. The molecule has 1 amide bonds. The lowest BCUT2D eigenvalue weighted by molar-refractivity contribution is -0.117. The van der Waals surface area contributed by atoms with Crippen LogP contribution in [0.2, 0.25) is 5.02 Å². The van der Waals surface area contributed by atoms with Gasteiger partial charge in [-0.05, 0) is 37.6 Å². The molecular formula is C21H22ClN3O3. The number of hydrogen-bond acceptors (Lipinski definition) is 5. The average molecular weight is 400 g/mol. The van der Waals surface area contributed by atoms with E-state index in [0.29, 0.717) is 35.4 Å². The van der Waals surface area contributed by atoms with Crippen LogP contribution in [0.4, 0.5) is 5.69 Å². The van der Waals surface area contributed by atoms with Crippen molar-refractivity contribution < 1.29 is 14.3 Å². The highest BCUT2D eigenvalue weighted by atomic mass is 35.5. The number of hydrogen-bond donors (Lipinski definition) is 2. The van der Waals surface area contributed by atoms with Crippen molar-refractivity contribution in [1.29, 1.82) is 5.26 Å². The minimum absolute atomic E-state index is 0.0566. The van der Waals surface area contributed by atoms with Gasteiger partial charge in [0, 0.05) is 29.5 Å². The number of ether oxygens (including phenoxy) is 2. The van der Waals surface area contributed by atoms with Gasteiger partial charge < -0.3 is 20.1 Å². The summed E-state index contributed by atoms with van der Waals surface area (Å²) in [5.41, 5.74) is 1.38. The Morgan fingerprint density at radius 3 is 2.54 bits per heavy atom. The number of benzene rings is 2. The van der Waals surface area contributed by atoms with E-state index in [0.717, 1.165) is 5.56 Å². The van der Waals surface area contributed by atoms with Gasteiger partial charge in [0.05, 0.1) is 13.2 Å². The lowest BCUT2D eigenvalue weighted by atomic mass is 10.2. The first-order valence-corrected chi connectivity index (χ1v) is 9.24. The fraction of sp³-hybridized carbons (Fsp3) is 0.238. The fourth-order valence-electron chi connectivity index (χ4n) is 2.36. The van der Waals surface area contributed by atoms with Crippen molar-refractivity contribution in [2.75, 3.05) is 18.5 Å². The van der Waals surface area contributed by atoms with Gasteiger partial charge in [0.25, 0.3) is 5.91 Å². The molecule has 0 aliphatic carbocycles. The molecule has 7 heteroatoms. The first kappa shape index (κ1) is 21.1. The Bertz CT molecular complexity index is 891. The predicted molar refractivity (Wildman–Crippen MR) is 109 cm³/mol. The third kappa shape index (κ3) is 5.93. The summed E-state index contributed by atoms with van der Waals surface area (Å²) in [5.74, 6) is 0.729. The van der Waals surface area contributed by atoms with Crippen molar-refractivity contribution in [2.24, 2.45) is 0 Å². The van der Waals surface area contributed by atoms with E-state index in [1.54, 1.807) is 24.3 Å². The van der Waals surface area contributed by atoms with Crippen LogP contribution in [-0.2, 0) is 11.3 Å². The van der Waals surface area contributed by atoms with Crippen LogP contribution in [0.15, 0.2) is 54.2 Å². The summed E-state index contributed by atoms with van der Waals surface area (Å²) in [4.78, 5) is 12.3. The quantitative estimate of drug-likeness (QED) is 0.486. The van der Waals surface area contributed by atoms with E-state index in [9.17, 15) is 10.1 Å². The minimum atomic E-state index is -0.495. The number of nitrogens with zero attached hydrogens (tertiary/aromatic N) is 1. The van der Waals surface area contributed by atoms with Gasteiger partial charge in [-0.25, -0.2) is 0 Å². The molecule has 0 aromatic heterocycles. The number of anilines is 1. The standard InChI is InChI=1S/C21H22ClN3O3/c1-3-27-19-10-9-17(11-20(19)28-4-2)24-14-16(12-23)21(26)25-13-15-7-5-6-8-18(15)22/h5-11,14,24H,3-4,13H2,1-2H3,(H,25,26)/b16-14-. The molecule has 2 aromatic rings. The predicted octanol–water partition coefficient (Wildman–Crippen LogP) is 4.27. The van der Waals surface area contributed by atoms with Crippen molar-refractivity contribution in [1.82, 2.24) is 5.32 Å². The maximum absolute atomic E-state index is 12.3. The van der Waals surface area contributed by atoms with E-state index >= 15 is 0 Å². The molecule has 2 N–H and O–H groups in total. The van der Waals surface area contributed by atoms with Gasteiger partial charge in [-0.15, -0.1) is 0 Å². The molecule has 0 aliphatic rings.